The van der Waals surface area contributed by atoms with Gasteiger partial charge in [-0.25, -0.2) is 0 Å². The van der Waals surface area contributed by atoms with Gasteiger partial charge in [-0.05, 0) is 31.7 Å². The molecule has 0 rings (SSSR count). The molecule has 15 heavy (non-hydrogen) atoms. The summed E-state index contributed by atoms with van der Waals surface area (Å²) < 4.78 is 12.2. The van der Waals surface area contributed by atoms with E-state index in [9.17, 15) is 0 Å². The number of hydrogen-bond acceptors (Lipinski definition) is 2. The zero-order valence-electron chi connectivity index (χ0n) is 11.4. The molecule has 0 N–H and O–H groups in total. The fourth-order valence-electron chi connectivity index (χ4n) is 1.86. The van der Waals surface area contributed by atoms with Crippen LogP contribution in [0.25, 0.3) is 0 Å². The van der Waals surface area contributed by atoms with Crippen molar-refractivity contribution < 1.29 is 8.54 Å². The van der Waals surface area contributed by atoms with Gasteiger partial charge in [0.1, 0.15) is 0 Å². The molecule has 0 saturated heterocycles. The Hall–Kier alpha value is 0.354. The summed E-state index contributed by atoms with van der Waals surface area (Å²) in [4.78, 5) is 0. The minimum absolute atomic E-state index is 1.15. The molecule has 0 aliphatic carbocycles. The maximum Gasteiger partial charge on any atom is 0.327 e. The van der Waals surface area contributed by atoms with Crippen LogP contribution >= 0.6 is 0 Å². The first kappa shape index (κ1) is 15.4. The second kappa shape index (κ2) is 6.83. The SMILES string of the molecule is CCCC[Si](CCC)(OC)O[Si](C)(C)C. The maximum atomic E-state index is 6.37. The van der Waals surface area contributed by atoms with Crippen molar-refractivity contribution in [3.8, 4) is 0 Å². The second-order valence-corrected chi connectivity index (χ2v) is 13.5. The van der Waals surface area contributed by atoms with E-state index < -0.39 is 16.9 Å². The van der Waals surface area contributed by atoms with Crippen molar-refractivity contribution in [2.24, 2.45) is 0 Å². The lowest BCUT2D eigenvalue weighted by Gasteiger charge is -2.35. The molecular formula is C11H28O2Si2. The monoisotopic (exact) mass is 248 g/mol. The van der Waals surface area contributed by atoms with Crippen LogP contribution in [0, 0.1) is 0 Å². The molecule has 0 amide bonds. The van der Waals surface area contributed by atoms with Crippen LogP contribution < -0.4 is 0 Å². The first-order chi connectivity index (χ1) is 6.89. The minimum Gasteiger partial charge on any atom is -0.436 e. The Morgan fingerprint density at radius 3 is 1.87 bits per heavy atom. The van der Waals surface area contributed by atoms with Crippen LogP contribution in [0.2, 0.25) is 31.7 Å². The van der Waals surface area contributed by atoms with Crippen molar-refractivity contribution in [3.63, 3.8) is 0 Å². The predicted molar refractivity (Wildman–Crippen MR) is 72.0 cm³/mol. The molecule has 4 heteroatoms. The Balaban J connectivity index is 4.49. The van der Waals surface area contributed by atoms with Gasteiger partial charge in [-0.2, -0.15) is 0 Å². The van der Waals surface area contributed by atoms with Crippen LogP contribution in [0.15, 0.2) is 0 Å². The molecule has 0 aliphatic rings. The lowest BCUT2D eigenvalue weighted by molar-refractivity contribution is 0.291. The fourth-order valence-corrected chi connectivity index (χ4v) is 9.78. The van der Waals surface area contributed by atoms with Crippen LogP contribution in [0.4, 0.5) is 0 Å². The molecule has 92 valence electrons. The van der Waals surface area contributed by atoms with Gasteiger partial charge in [-0.3, -0.25) is 0 Å². The van der Waals surface area contributed by atoms with Crippen LogP contribution in [0.1, 0.15) is 33.1 Å². The zero-order chi connectivity index (χ0) is 11.9. The molecule has 0 bridgehead atoms. The standard InChI is InChI=1S/C11H28O2Si2/c1-7-9-11-15(12-3,10-8-2)13-14(4,5)6/h7-11H2,1-6H3. The summed E-state index contributed by atoms with van der Waals surface area (Å²) in [6.07, 6.45) is 3.65. The zero-order valence-corrected chi connectivity index (χ0v) is 13.4. The lowest BCUT2D eigenvalue weighted by atomic mass is 10.4. The van der Waals surface area contributed by atoms with Crippen molar-refractivity contribution in [3.05, 3.63) is 0 Å². The molecule has 0 aromatic carbocycles. The highest BCUT2D eigenvalue weighted by Crippen LogP contribution is 2.26. The van der Waals surface area contributed by atoms with E-state index in [0.717, 1.165) is 12.1 Å². The van der Waals surface area contributed by atoms with Gasteiger partial charge in [0.2, 0.25) is 0 Å². The Morgan fingerprint density at radius 1 is 0.933 bits per heavy atom. The fraction of sp³-hybridized carbons (Fsp3) is 1.00. The largest absolute Gasteiger partial charge is 0.436 e. The third kappa shape index (κ3) is 6.50. The molecule has 0 fully saturated rings. The summed E-state index contributed by atoms with van der Waals surface area (Å²) in [7, 11) is -1.48. The van der Waals surface area contributed by atoms with E-state index >= 15 is 0 Å². The highest BCUT2D eigenvalue weighted by molar-refractivity contribution is 6.82. The highest BCUT2D eigenvalue weighted by Gasteiger charge is 2.38. The van der Waals surface area contributed by atoms with Crippen LogP contribution in [-0.2, 0) is 8.54 Å². The quantitative estimate of drug-likeness (QED) is 0.601. The van der Waals surface area contributed by atoms with Gasteiger partial charge >= 0.3 is 8.56 Å². The predicted octanol–water partition coefficient (Wildman–Crippen LogP) is 4.14. The van der Waals surface area contributed by atoms with Crippen molar-refractivity contribution >= 4 is 16.9 Å². The lowest BCUT2D eigenvalue weighted by Crippen LogP contribution is -2.48. The molecule has 0 aliphatic heterocycles. The van der Waals surface area contributed by atoms with Gasteiger partial charge < -0.3 is 8.54 Å². The maximum absolute atomic E-state index is 6.37. The smallest absolute Gasteiger partial charge is 0.327 e. The Bertz CT molecular complexity index is 168. The third-order valence-electron chi connectivity index (χ3n) is 2.41. The first-order valence-corrected chi connectivity index (χ1v) is 11.8. The van der Waals surface area contributed by atoms with E-state index in [1.165, 1.54) is 19.3 Å². The van der Waals surface area contributed by atoms with E-state index in [1.807, 2.05) is 7.11 Å². The molecule has 1 unspecified atom stereocenters. The summed E-state index contributed by atoms with van der Waals surface area (Å²) in [6, 6.07) is 2.31. The van der Waals surface area contributed by atoms with E-state index in [-0.39, 0.29) is 0 Å². The van der Waals surface area contributed by atoms with Crippen molar-refractivity contribution in [1.29, 1.82) is 0 Å². The molecule has 0 radical (unpaired) electrons. The van der Waals surface area contributed by atoms with E-state index in [0.29, 0.717) is 0 Å². The normalized spacial score (nSPS) is 16.4. The Morgan fingerprint density at radius 2 is 1.53 bits per heavy atom. The molecule has 0 saturated carbocycles. The topological polar surface area (TPSA) is 18.5 Å². The van der Waals surface area contributed by atoms with Gasteiger partial charge in [-0.1, -0.05) is 33.1 Å². The number of hydrogen-bond donors (Lipinski definition) is 0. The molecule has 1 atom stereocenters. The molecule has 0 aromatic heterocycles. The third-order valence-corrected chi connectivity index (χ3v) is 9.47. The molecule has 2 nitrogen and oxygen atoms in total. The van der Waals surface area contributed by atoms with Crippen molar-refractivity contribution in [1.82, 2.24) is 0 Å². The van der Waals surface area contributed by atoms with Gasteiger partial charge in [0.25, 0.3) is 0 Å². The first-order valence-electron chi connectivity index (χ1n) is 6.14. The summed E-state index contributed by atoms with van der Waals surface area (Å²) in [5.41, 5.74) is 0. The van der Waals surface area contributed by atoms with Gasteiger partial charge in [0.05, 0.1) is 0 Å². The van der Waals surface area contributed by atoms with Gasteiger partial charge in [0.15, 0.2) is 8.32 Å². The summed E-state index contributed by atoms with van der Waals surface area (Å²) in [5, 5.41) is 0. The minimum atomic E-state index is -1.86. The summed E-state index contributed by atoms with van der Waals surface area (Å²) in [5.74, 6) is 0. The van der Waals surface area contributed by atoms with Crippen molar-refractivity contribution in [2.45, 2.75) is 64.8 Å². The van der Waals surface area contributed by atoms with Gasteiger partial charge in [-0.15, -0.1) is 0 Å². The van der Waals surface area contributed by atoms with E-state index in [4.69, 9.17) is 8.54 Å². The summed E-state index contributed by atoms with van der Waals surface area (Å²) in [6.45, 7) is 11.2. The van der Waals surface area contributed by atoms with E-state index in [1.54, 1.807) is 0 Å². The van der Waals surface area contributed by atoms with Crippen molar-refractivity contribution in [2.75, 3.05) is 7.11 Å². The molecule has 0 aromatic rings. The number of rotatable bonds is 8. The highest BCUT2D eigenvalue weighted by atomic mass is 28.4. The summed E-state index contributed by atoms with van der Waals surface area (Å²) >= 11 is 0. The molecular weight excluding hydrogens is 220 g/mol. The van der Waals surface area contributed by atoms with Crippen LogP contribution in [-0.4, -0.2) is 24.0 Å². The Labute approximate surface area is 97.7 Å². The average Bonchev–Trinajstić information content (AvgIpc) is 2.12. The van der Waals surface area contributed by atoms with Crippen LogP contribution in [0.5, 0.6) is 0 Å². The van der Waals surface area contributed by atoms with Crippen LogP contribution in [0.3, 0.4) is 0 Å². The Kier molecular flexibility index (Phi) is 6.99. The molecule has 0 spiro atoms. The van der Waals surface area contributed by atoms with Gasteiger partial charge in [0, 0.05) is 7.11 Å². The van der Waals surface area contributed by atoms with E-state index in [2.05, 4.69) is 33.5 Å². The second-order valence-electron chi connectivity index (χ2n) is 5.18. The number of unbranched alkanes of at least 4 members (excludes halogenated alkanes) is 1. The average molecular weight is 249 g/mol. The molecule has 0 heterocycles.